The van der Waals surface area contributed by atoms with Gasteiger partial charge in [0, 0.05) is 16.0 Å². The maximum Gasteiger partial charge on any atom is 0.328 e. The van der Waals surface area contributed by atoms with Crippen LogP contribution < -0.4 is 10.6 Å². The van der Waals surface area contributed by atoms with E-state index < -0.39 is 64.7 Å². The fraction of sp³-hybridized carbons (Fsp3) is 0.242. The highest BCUT2D eigenvalue weighted by Crippen LogP contribution is 2.65. The Labute approximate surface area is 261 Å². The summed E-state index contributed by atoms with van der Waals surface area (Å²) in [4.78, 5) is 70.3. The highest BCUT2D eigenvalue weighted by molar-refractivity contribution is 6.33. The summed E-state index contributed by atoms with van der Waals surface area (Å²) in [6, 6.07) is 18.8. The molecule has 0 radical (unpaired) electrons. The third kappa shape index (κ3) is 3.75. The molecule has 2 saturated heterocycles. The molecule has 11 heteroatoms. The number of imide groups is 4. The Balaban J connectivity index is 1.52. The zero-order valence-electron chi connectivity index (χ0n) is 23.0. The van der Waals surface area contributed by atoms with Crippen molar-refractivity contribution in [3.8, 4) is 5.75 Å². The monoisotopic (exact) mass is 629 g/mol. The molecule has 2 aliphatic heterocycles. The van der Waals surface area contributed by atoms with Gasteiger partial charge < -0.3 is 10.8 Å². The summed E-state index contributed by atoms with van der Waals surface area (Å²) >= 11 is 13.1. The number of urea groups is 1. The molecule has 0 spiro atoms. The number of likely N-dealkylation sites (tertiary alicyclic amines) is 1. The van der Waals surface area contributed by atoms with Crippen molar-refractivity contribution in [2.45, 2.75) is 24.2 Å². The topological polar surface area (TPSA) is 138 Å². The second-order valence-corrected chi connectivity index (χ2v) is 12.5. The molecular weight excluding hydrogens is 605 g/mol. The Hall–Kier alpha value is -4.47. The molecule has 1 saturated carbocycles. The van der Waals surface area contributed by atoms with E-state index >= 15 is 4.79 Å². The molecule has 0 unspecified atom stereocenters. The van der Waals surface area contributed by atoms with Crippen molar-refractivity contribution in [1.82, 2.24) is 4.90 Å². The van der Waals surface area contributed by atoms with Gasteiger partial charge >= 0.3 is 6.03 Å². The molecule has 7 rings (SSSR count). The van der Waals surface area contributed by atoms with Crippen LogP contribution in [0.25, 0.3) is 0 Å². The number of halogens is 2. The van der Waals surface area contributed by atoms with E-state index in [1.165, 1.54) is 12.1 Å². The Morgan fingerprint density at radius 2 is 1.64 bits per heavy atom. The number of primary amides is 1. The lowest BCUT2D eigenvalue weighted by Gasteiger charge is -2.51. The normalized spacial score (nSPS) is 29.3. The Bertz CT molecular complexity index is 1830. The van der Waals surface area contributed by atoms with Gasteiger partial charge in [-0.2, -0.15) is 4.90 Å². The highest BCUT2D eigenvalue weighted by Gasteiger charge is 2.70. The predicted molar refractivity (Wildman–Crippen MR) is 161 cm³/mol. The van der Waals surface area contributed by atoms with Crippen LogP contribution >= 0.6 is 23.2 Å². The van der Waals surface area contributed by atoms with Crippen LogP contribution in [0.15, 0.2) is 84.4 Å². The van der Waals surface area contributed by atoms with E-state index in [4.69, 9.17) is 28.9 Å². The first-order chi connectivity index (χ1) is 21.1. The highest BCUT2D eigenvalue weighted by atomic mass is 35.5. The molecule has 3 aromatic rings. The van der Waals surface area contributed by atoms with Crippen molar-refractivity contribution in [3.63, 3.8) is 0 Å². The van der Waals surface area contributed by atoms with E-state index in [1.54, 1.807) is 54.6 Å². The van der Waals surface area contributed by atoms with Crippen molar-refractivity contribution >= 4 is 58.5 Å². The van der Waals surface area contributed by atoms with E-state index in [0.29, 0.717) is 32.3 Å². The average Bonchev–Trinajstić information content (AvgIpc) is 3.39. The zero-order chi connectivity index (χ0) is 31.1. The molecule has 3 aromatic carbocycles. The number of hydrogen-bond donors (Lipinski definition) is 2. The van der Waals surface area contributed by atoms with Gasteiger partial charge in [-0.3, -0.25) is 19.2 Å². The van der Waals surface area contributed by atoms with Crippen molar-refractivity contribution in [3.05, 3.63) is 106 Å². The lowest BCUT2D eigenvalue weighted by atomic mass is 9.49. The lowest BCUT2D eigenvalue weighted by Crippen LogP contribution is -2.53. The molecule has 0 bridgehead atoms. The van der Waals surface area contributed by atoms with Crippen molar-refractivity contribution in [1.29, 1.82) is 0 Å². The second kappa shape index (κ2) is 10.0. The van der Waals surface area contributed by atoms with Crippen molar-refractivity contribution in [2.24, 2.45) is 29.4 Å². The molecule has 9 nitrogen and oxygen atoms in total. The van der Waals surface area contributed by atoms with Gasteiger partial charge in [0.25, 0.3) is 0 Å². The van der Waals surface area contributed by atoms with Gasteiger partial charge in [0.1, 0.15) is 5.75 Å². The number of benzene rings is 3. The van der Waals surface area contributed by atoms with Gasteiger partial charge in [0.05, 0.1) is 28.9 Å². The summed E-state index contributed by atoms with van der Waals surface area (Å²) in [6.07, 6.45) is 2.03. The summed E-state index contributed by atoms with van der Waals surface area (Å²) in [5, 5.41) is 10.8. The maximum atomic E-state index is 15.1. The summed E-state index contributed by atoms with van der Waals surface area (Å²) in [5.74, 6) is -6.75. The number of fused-ring (bicyclic) bond motifs is 4. The Morgan fingerprint density at radius 1 is 0.886 bits per heavy atom. The number of carbonyl (C=O) groups is 5. The van der Waals surface area contributed by atoms with Crippen LogP contribution in [-0.4, -0.2) is 39.7 Å². The van der Waals surface area contributed by atoms with Gasteiger partial charge in [-0.25, -0.2) is 9.69 Å². The molecule has 2 aliphatic carbocycles. The number of hydrogen-bond acceptors (Lipinski definition) is 6. The Morgan fingerprint density at radius 3 is 2.32 bits per heavy atom. The molecule has 222 valence electrons. The fourth-order valence-electron chi connectivity index (χ4n) is 8.06. The third-order valence-electron chi connectivity index (χ3n) is 9.68. The first-order valence-electron chi connectivity index (χ1n) is 14.1. The summed E-state index contributed by atoms with van der Waals surface area (Å²) in [5.41, 5.74) is 5.96. The van der Waals surface area contributed by atoms with Crippen LogP contribution in [0.3, 0.4) is 0 Å². The van der Waals surface area contributed by atoms with E-state index in [9.17, 15) is 24.3 Å². The third-order valence-corrected chi connectivity index (χ3v) is 10.2. The number of rotatable bonds is 3. The molecule has 4 aliphatic rings. The van der Waals surface area contributed by atoms with Crippen LogP contribution in [-0.2, 0) is 24.6 Å². The minimum absolute atomic E-state index is 0.0569. The van der Waals surface area contributed by atoms with Crippen LogP contribution in [0.2, 0.25) is 10.0 Å². The number of allylic oxidation sites excluding steroid dienone is 2. The maximum absolute atomic E-state index is 15.1. The smallest absolute Gasteiger partial charge is 0.328 e. The fourth-order valence-corrected chi connectivity index (χ4v) is 8.52. The SMILES string of the molecule is NC(=O)N1C(=O)[C@H]2[C@H](CC=C3[C@H]2C[C@H]2C(=O)N(c4cccc(Cl)c4)C(=O)[C@@]2(c2ccccc2)[C@H]3c2ccc(O)cc2Cl)C1=O. The molecule has 3 N–H and O–H groups in total. The number of nitrogens with two attached hydrogens (primary N) is 1. The molecular formula is C33H25Cl2N3O6. The van der Waals surface area contributed by atoms with E-state index in [2.05, 4.69) is 0 Å². The minimum atomic E-state index is -1.51. The molecule has 44 heavy (non-hydrogen) atoms. The van der Waals surface area contributed by atoms with Crippen LogP contribution in [0.4, 0.5) is 10.5 Å². The largest absolute Gasteiger partial charge is 0.508 e. The number of amides is 6. The molecule has 0 aromatic heterocycles. The summed E-state index contributed by atoms with van der Waals surface area (Å²) in [6.45, 7) is 0. The van der Waals surface area contributed by atoms with Gasteiger partial charge in [0.15, 0.2) is 0 Å². The first-order valence-corrected chi connectivity index (χ1v) is 14.9. The van der Waals surface area contributed by atoms with Crippen LogP contribution in [0, 0.1) is 23.7 Å². The lowest BCUT2D eigenvalue weighted by molar-refractivity contribution is -0.136. The molecule has 3 fully saturated rings. The van der Waals surface area contributed by atoms with Crippen LogP contribution in [0.5, 0.6) is 5.75 Å². The summed E-state index contributed by atoms with van der Waals surface area (Å²) < 4.78 is 0. The first kappa shape index (κ1) is 28.3. The number of nitrogens with zero attached hydrogens (tertiary/aromatic N) is 2. The Kier molecular flexibility index (Phi) is 6.46. The molecule has 6 atom stereocenters. The van der Waals surface area contributed by atoms with E-state index in [1.807, 2.05) is 12.1 Å². The minimum Gasteiger partial charge on any atom is -0.508 e. The second-order valence-electron chi connectivity index (χ2n) is 11.6. The van der Waals surface area contributed by atoms with Gasteiger partial charge in [-0.15, -0.1) is 0 Å². The van der Waals surface area contributed by atoms with E-state index in [0.717, 1.165) is 4.90 Å². The van der Waals surface area contributed by atoms with Crippen molar-refractivity contribution in [2.75, 3.05) is 4.90 Å². The number of carbonyl (C=O) groups excluding carboxylic acids is 5. The molecule has 6 amide bonds. The average molecular weight is 630 g/mol. The van der Waals surface area contributed by atoms with Gasteiger partial charge in [-0.05, 0) is 60.2 Å². The number of phenols is 1. The molecule has 2 heterocycles. The van der Waals surface area contributed by atoms with Gasteiger partial charge in [0.2, 0.25) is 23.6 Å². The predicted octanol–water partition coefficient (Wildman–Crippen LogP) is 4.94. The van der Waals surface area contributed by atoms with Crippen LogP contribution in [0.1, 0.15) is 29.9 Å². The number of phenolic OH excluding ortho intramolecular Hbond substituents is 1. The number of anilines is 1. The summed E-state index contributed by atoms with van der Waals surface area (Å²) in [7, 11) is 0. The standard InChI is InChI=1S/C33H25Cl2N3O6/c34-17-7-4-8-18(13-17)37-29(41)24-15-23-20(11-12-22-26(23)30(42)38(28(22)40)32(36)44)27(21-10-9-19(39)14-25(21)35)33(24,31(37)43)16-5-2-1-3-6-16/h1-11,13-14,22-24,26-27,39H,12,15H2,(H2,36,44)/t22-,23+,24-,26-,27+,33+/m0/s1. The van der Waals surface area contributed by atoms with Crippen molar-refractivity contribution < 1.29 is 29.1 Å². The van der Waals surface area contributed by atoms with E-state index in [-0.39, 0.29) is 23.6 Å². The zero-order valence-corrected chi connectivity index (χ0v) is 24.5. The quantitative estimate of drug-likeness (QED) is 0.311. The van der Waals surface area contributed by atoms with Gasteiger partial charge in [-0.1, -0.05) is 77.3 Å². The number of aromatic hydroxyl groups is 1.